The van der Waals surface area contributed by atoms with E-state index < -0.39 is 0 Å². The molecule has 0 saturated heterocycles. The maximum Gasteiger partial charge on any atom is 0.141 e. The molecule has 38 heavy (non-hydrogen) atoms. The summed E-state index contributed by atoms with van der Waals surface area (Å²) in [6.07, 6.45) is 3.39. The number of carbonyl (C=O) groups is 1. The molecule has 1 heterocycles. The molecule has 0 fully saturated rings. The summed E-state index contributed by atoms with van der Waals surface area (Å²) < 4.78 is 2.28. The summed E-state index contributed by atoms with van der Waals surface area (Å²) >= 11 is 0. The molecule has 0 bridgehead atoms. The summed E-state index contributed by atoms with van der Waals surface area (Å²) in [6, 6.07) is 22.6. The van der Waals surface area contributed by atoms with Gasteiger partial charge in [-0.15, -0.1) is 0 Å². The molecule has 6 heteroatoms. The maximum absolute atomic E-state index is 11.6. The molecule has 1 unspecified atom stereocenters. The van der Waals surface area contributed by atoms with Gasteiger partial charge in [-0.05, 0) is 79.3 Å². The van der Waals surface area contributed by atoms with Crippen molar-refractivity contribution in [1.29, 1.82) is 0 Å². The van der Waals surface area contributed by atoms with Crippen LogP contribution < -0.4 is 10.6 Å². The van der Waals surface area contributed by atoms with Gasteiger partial charge in [-0.25, -0.2) is 4.98 Å². The lowest BCUT2D eigenvalue weighted by molar-refractivity contribution is -0.117. The lowest BCUT2D eigenvalue weighted by atomic mass is 10.0. The molecule has 3 N–H and O–H groups in total. The predicted molar refractivity (Wildman–Crippen MR) is 156 cm³/mol. The number of hydrogen-bond donors (Lipinski definition) is 2. The number of imidazole rings is 1. The highest BCUT2D eigenvalue weighted by Crippen LogP contribution is 2.29. The molecule has 0 aliphatic carbocycles. The zero-order valence-electron chi connectivity index (χ0n) is 22.9. The molecule has 6 nitrogen and oxygen atoms in total. The first-order valence-corrected chi connectivity index (χ1v) is 13.7. The summed E-state index contributed by atoms with van der Waals surface area (Å²) in [5.41, 5.74) is 13.6. The number of benzene rings is 3. The number of carbonyl (C=O) groups excluding carboxylic acids is 1. The first-order chi connectivity index (χ1) is 18.4. The Kier molecular flexibility index (Phi) is 9.32. The average molecular weight is 513 g/mol. The SMILES string of the molecule is CCCN(CCC)c1ccc(-c2nc3cc(C(N)CC(C)=O)ccc3n2CCc2ccc(CO)cc2)cc1. The highest BCUT2D eigenvalue weighted by atomic mass is 16.3. The number of aromatic nitrogens is 2. The van der Waals surface area contributed by atoms with Crippen LogP contribution >= 0.6 is 0 Å². The molecule has 3 aromatic carbocycles. The van der Waals surface area contributed by atoms with E-state index in [2.05, 4.69) is 65.8 Å². The molecule has 0 saturated carbocycles. The summed E-state index contributed by atoms with van der Waals surface area (Å²) in [5, 5.41) is 9.37. The van der Waals surface area contributed by atoms with Gasteiger partial charge < -0.3 is 20.3 Å². The van der Waals surface area contributed by atoms with E-state index in [9.17, 15) is 9.90 Å². The lowest BCUT2D eigenvalue weighted by Gasteiger charge is -2.24. The zero-order valence-corrected chi connectivity index (χ0v) is 22.9. The van der Waals surface area contributed by atoms with E-state index in [-0.39, 0.29) is 18.4 Å². The van der Waals surface area contributed by atoms with Crippen molar-refractivity contribution in [2.75, 3.05) is 18.0 Å². The van der Waals surface area contributed by atoms with Gasteiger partial charge in [-0.2, -0.15) is 0 Å². The van der Waals surface area contributed by atoms with Crippen LogP contribution in [0, 0.1) is 0 Å². The van der Waals surface area contributed by atoms with E-state index in [1.165, 1.54) is 11.3 Å². The van der Waals surface area contributed by atoms with E-state index in [4.69, 9.17) is 10.7 Å². The second-order valence-corrected chi connectivity index (χ2v) is 10.1. The molecule has 4 rings (SSSR count). The van der Waals surface area contributed by atoms with Gasteiger partial charge >= 0.3 is 0 Å². The minimum Gasteiger partial charge on any atom is -0.392 e. The molecular weight excluding hydrogens is 472 g/mol. The van der Waals surface area contributed by atoms with Crippen molar-refractivity contribution in [2.24, 2.45) is 5.73 Å². The van der Waals surface area contributed by atoms with Crippen LogP contribution in [0.1, 0.15) is 62.8 Å². The number of aliphatic hydroxyl groups is 1. The van der Waals surface area contributed by atoms with Crippen molar-refractivity contribution < 1.29 is 9.90 Å². The molecule has 0 aliphatic rings. The summed E-state index contributed by atoms with van der Waals surface area (Å²) in [5.74, 6) is 1.00. The molecule has 0 spiro atoms. The Morgan fingerprint density at radius 2 is 1.63 bits per heavy atom. The van der Waals surface area contributed by atoms with Crippen LogP contribution in [0.5, 0.6) is 0 Å². The summed E-state index contributed by atoms with van der Waals surface area (Å²) in [7, 11) is 0. The van der Waals surface area contributed by atoms with Crippen LogP contribution in [0.15, 0.2) is 66.7 Å². The highest BCUT2D eigenvalue weighted by Gasteiger charge is 2.16. The van der Waals surface area contributed by atoms with Crippen molar-refractivity contribution in [2.45, 2.75) is 65.6 Å². The summed E-state index contributed by atoms with van der Waals surface area (Å²) in [6.45, 7) is 8.91. The fourth-order valence-corrected chi connectivity index (χ4v) is 5.04. The molecule has 1 aromatic heterocycles. The van der Waals surface area contributed by atoms with Gasteiger partial charge in [0.25, 0.3) is 0 Å². The van der Waals surface area contributed by atoms with Crippen LogP contribution in [0.4, 0.5) is 5.69 Å². The third-order valence-corrected chi connectivity index (χ3v) is 7.02. The first-order valence-electron chi connectivity index (χ1n) is 13.7. The van der Waals surface area contributed by atoms with Gasteiger partial charge in [0, 0.05) is 43.3 Å². The Bertz CT molecular complexity index is 1340. The molecule has 1 atom stereocenters. The quantitative estimate of drug-likeness (QED) is 0.228. The van der Waals surface area contributed by atoms with Gasteiger partial charge in [0.15, 0.2) is 0 Å². The van der Waals surface area contributed by atoms with Crippen LogP contribution in [0.2, 0.25) is 0 Å². The second kappa shape index (κ2) is 12.9. The number of hydrogen-bond acceptors (Lipinski definition) is 5. The third kappa shape index (κ3) is 6.50. The number of aryl methyl sites for hydroxylation is 2. The number of nitrogens with zero attached hydrogens (tertiary/aromatic N) is 3. The van der Waals surface area contributed by atoms with E-state index in [1.54, 1.807) is 6.92 Å². The van der Waals surface area contributed by atoms with Crippen LogP contribution in [-0.4, -0.2) is 33.5 Å². The van der Waals surface area contributed by atoms with E-state index >= 15 is 0 Å². The van der Waals surface area contributed by atoms with Crippen molar-refractivity contribution in [3.63, 3.8) is 0 Å². The number of fused-ring (bicyclic) bond motifs is 1. The third-order valence-electron chi connectivity index (χ3n) is 7.02. The molecule has 0 aliphatic heterocycles. The number of anilines is 1. The monoisotopic (exact) mass is 512 g/mol. The molecule has 0 radical (unpaired) electrons. The second-order valence-electron chi connectivity index (χ2n) is 10.1. The van der Waals surface area contributed by atoms with Crippen molar-refractivity contribution in [1.82, 2.24) is 9.55 Å². The Labute approximate surface area is 226 Å². The van der Waals surface area contributed by atoms with Gasteiger partial charge in [-0.3, -0.25) is 4.79 Å². The van der Waals surface area contributed by atoms with E-state index in [0.717, 1.165) is 72.4 Å². The number of Topliss-reactive ketones (excluding diaryl/α,β-unsaturated/α-hetero) is 1. The lowest BCUT2D eigenvalue weighted by Crippen LogP contribution is -2.24. The van der Waals surface area contributed by atoms with Gasteiger partial charge in [0.1, 0.15) is 11.6 Å². The number of ketones is 1. The minimum atomic E-state index is -0.335. The van der Waals surface area contributed by atoms with Gasteiger partial charge in [0.2, 0.25) is 0 Å². The van der Waals surface area contributed by atoms with Crippen LogP contribution in [0.3, 0.4) is 0 Å². The molecule has 200 valence electrons. The Morgan fingerprint density at radius 1 is 0.974 bits per heavy atom. The van der Waals surface area contributed by atoms with Crippen LogP contribution in [0.25, 0.3) is 22.4 Å². The van der Waals surface area contributed by atoms with Crippen molar-refractivity contribution in [3.8, 4) is 11.4 Å². The largest absolute Gasteiger partial charge is 0.392 e. The van der Waals surface area contributed by atoms with Crippen LogP contribution in [-0.2, 0) is 24.4 Å². The molecule has 0 amide bonds. The Balaban J connectivity index is 1.70. The fourth-order valence-electron chi connectivity index (χ4n) is 5.04. The number of aliphatic hydroxyl groups excluding tert-OH is 1. The van der Waals surface area contributed by atoms with Crippen molar-refractivity contribution in [3.05, 3.63) is 83.4 Å². The predicted octanol–water partition coefficient (Wildman–Crippen LogP) is 6.04. The smallest absolute Gasteiger partial charge is 0.141 e. The Hall–Kier alpha value is -3.48. The minimum absolute atomic E-state index is 0.0502. The van der Waals surface area contributed by atoms with E-state index in [0.29, 0.717) is 6.42 Å². The average Bonchev–Trinajstić information content (AvgIpc) is 3.29. The van der Waals surface area contributed by atoms with Gasteiger partial charge in [-0.1, -0.05) is 44.2 Å². The number of nitrogens with two attached hydrogens (primary N) is 1. The van der Waals surface area contributed by atoms with Gasteiger partial charge in [0.05, 0.1) is 17.6 Å². The zero-order chi connectivity index (χ0) is 27.1. The fraction of sp³-hybridized carbons (Fsp3) is 0.375. The first kappa shape index (κ1) is 27.6. The summed E-state index contributed by atoms with van der Waals surface area (Å²) in [4.78, 5) is 19.1. The molecular formula is C32H40N4O2. The topological polar surface area (TPSA) is 84.4 Å². The van der Waals surface area contributed by atoms with Crippen molar-refractivity contribution >= 4 is 22.5 Å². The highest BCUT2D eigenvalue weighted by molar-refractivity contribution is 5.82. The maximum atomic E-state index is 11.6. The Morgan fingerprint density at radius 3 is 2.24 bits per heavy atom. The van der Waals surface area contributed by atoms with E-state index in [1.807, 2.05) is 24.3 Å². The molecule has 4 aromatic rings. The standard InChI is InChI=1S/C32H40N4O2/c1-4-17-35(18-5-2)28-13-10-26(11-14-28)32-34-30-21-27(29(33)20-23(3)38)12-15-31(30)36(32)19-16-24-6-8-25(22-37)9-7-24/h6-15,21,29,37H,4-5,16-20,22,33H2,1-3H3. The number of rotatable bonds is 13. The normalized spacial score (nSPS) is 12.1.